The van der Waals surface area contributed by atoms with Crippen molar-refractivity contribution >= 4 is 44.8 Å². The Balaban J connectivity index is 0.000000199. The molecule has 0 unspecified atom stereocenters. The van der Waals surface area contributed by atoms with Crippen molar-refractivity contribution in [3.05, 3.63) is 114 Å². The third-order valence-corrected chi connectivity index (χ3v) is 10.5. The number of fused-ring (bicyclic) bond motifs is 3. The minimum absolute atomic E-state index is 0. The molecular formula is C37H37FIrN2SSi-2. The van der Waals surface area contributed by atoms with Crippen LogP contribution in [0.1, 0.15) is 52.0 Å². The van der Waals surface area contributed by atoms with Gasteiger partial charge in [0.1, 0.15) is 5.82 Å². The topological polar surface area (TPSA) is 25.8 Å². The van der Waals surface area contributed by atoms with Crippen LogP contribution in [-0.4, -0.2) is 18.0 Å². The quantitative estimate of drug-likeness (QED) is 0.129. The van der Waals surface area contributed by atoms with Crippen LogP contribution in [-0.2, 0) is 20.1 Å². The molecule has 0 saturated carbocycles. The number of halogens is 1. The Morgan fingerprint density at radius 3 is 2.33 bits per heavy atom. The molecule has 2 nitrogen and oxygen atoms in total. The number of nitrogens with zero attached hydrogens (tertiary/aromatic N) is 2. The standard InChI is InChI=1S/C20H15FNS.C17H22NSi.Ir/c1-12(2)13-8-9-22-18(10-13)17-5-3-4-16-15-7-6-14(21)11-19(15)23-20(16)17;1-13(2)15-11-16(14-9-7-6-8-10-14)18-12-17(15)19(3,4)5;/h3-4,6-12H,1-2H3;6-9,11-13H,1-5H3;/q2*-1;/i;13D;. The average Bonchev–Trinajstić information content (AvgIpc) is 3.34. The van der Waals surface area contributed by atoms with Gasteiger partial charge in [-0.2, -0.15) is 11.3 Å². The second-order valence-electron chi connectivity index (χ2n) is 12.1. The van der Waals surface area contributed by atoms with Crippen LogP contribution in [0.5, 0.6) is 0 Å². The molecule has 0 bridgehead atoms. The zero-order valence-corrected chi connectivity index (χ0v) is 29.9. The van der Waals surface area contributed by atoms with Crippen molar-refractivity contribution in [1.29, 1.82) is 0 Å². The van der Waals surface area contributed by atoms with E-state index in [1.165, 1.54) is 16.8 Å². The summed E-state index contributed by atoms with van der Waals surface area (Å²) in [5.74, 6) is -0.357. The van der Waals surface area contributed by atoms with Gasteiger partial charge in [-0.15, -0.1) is 59.7 Å². The van der Waals surface area contributed by atoms with E-state index >= 15 is 0 Å². The third kappa shape index (κ3) is 7.38. The minimum atomic E-state index is -1.50. The third-order valence-electron chi connectivity index (χ3n) is 7.34. The summed E-state index contributed by atoms with van der Waals surface area (Å²) in [6.07, 6.45) is 3.83. The molecule has 6 heteroatoms. The van der Waals surface area contributed by atoms with E-state index in [9.17, 15) is 4.39 Å². The number of hydrogen-bond acceptors (Lipinski definition) is 3. The van der Waals surface area contributed by atoms with E-state index in [0.717, 1.165) is 48.3 Å². The molecule has 3 heterocycles. The number of rotatable bonds is 5. The van der Waals surface area contributed by atoms with Gasteiger partial charge in [0.15, 0.2) is 0 Å². The van der Waals surface area contributed by atoms with Gasteiger partial charge in [-0.1, -0.05) is 82.0 Å². The number of thiophene rings is 1. The van der Waals surface area contributed by atoms with Crippen molar-refractivity contribution in [2.75, 3.05) is 0 Å². The Hall–Kier alpha value is -3.02. The fourth-order valence-electron chi connectivity index (χ4n) is 5.02. The molecular weight excluding hydrogens is 744 g/mol. The van der Waals surface area contributed by atoms with E-state index in [4.69, 9.17) is 1.37 Å². The van der Waals surface area contributed by atoms with Crippen LogP contribution >= 0.6 is 11.3 Å². The van der Waals surface area contributed by atoms with Crippen LogP contribution in [0.2, 0.25) is 19.6 Å². The van der Waals surface area contributed by atoms with E-state index in [0.29, 0.717) is 5.92 Å². The molecule has 6 aromatic rings. The molecule has 0 saturated heterocycles. The Morgan fingerprint density at radius 1 is 0.860 bits per heavy atom. The first-order chi connectivity index (χ1) is 20.3. The summed E-state index contributed by atoms with van der Waals surface area (Å²) in [6, 6.07) is 29.6. The summed E-state index contributed by atoms with van der Waals surface area (Å²) in [7, 11) is -1.50. The summed E-state index contributed by atoms with van der Waals surface area (Å²) in [6.45, 7) is 15.1. The first kappa shape index (κ1) is 31.4. The first-order valence-corrected chi connectivity index (χ1v) is 18.6. The van der Waals surface area contributed by atoms with Crippen molar-refractivity contribution in [3.63, 3.8) is 0 Å². The van der Waals surface area contributed by atoms with Crippen molar-refractivity contribution in [3.8, 4) is 22.5 Å². The Morgan fingerprint density at radius 2 is 1.65 bits per heavy atom. The van der Waals surface area contributed by atoms with Crippen LogP contribution in [0.15, 0.2) is 85.2 Å². The maximum absolute atomic E-state index is 13.5. The van der Waals surface area contributed by atoms with Crippen LogP contribution in [0.25, 0.3) is 42.7 Å². The predicted molar refractivity (Wildman–Crippen MR) is 181 cm³/mol. The summed E-state index contributed by atoms with van der Waals surface area (Å²) < 4.78 is 24.0. The molecule has 0 fully saturated rings. The molecule has 1 radical (unpaired) electrons. The largest absolute Gasteiger partial charge is 0.305 e. The Kier molecular flexibility index (Phi) is 10.0. The van der Waals surface area contributed by atoms with E-state index in [2.05, 4.69) is 73.8 Å². The molecule has 3 aromatic carbocycles. The van der Waals surface area contributed by atoms with E-state index in [1.54, 1.807) is 17.4 Å². The number of aromatic nitrogens is 2. The van der Waals surface area contributed by atoms with Crippen LogP contribution in [0.3, 0.4) is 0 Å². The second-order valence-corrected chi connectivity index (χ2v) is 18.2. The maximum Gasteiger partial charge on any atom is 0.124 e. The van der Waals surface area contributed by atoms with Gasteiger partial charge in [-0.25, -0.2) is 4.39 Å². The second kappa shape index (κ2) is 13.7. The van der Waals surface area contributed by atoms with E-state index in [1.807, 2.05) is 68.7 Å². The molecule has 0 atom stereocenters. The summed E-state index contributed by atoms with van der Waals surface area (Å²) in [4.78, 5) is 9.14. The van der Waals surface area contributed by atoms with Crippen LogP contribution < -0.4 is 5.19 Å². The molecule has 0 aliphatic heterocycles. The predicted octanol–water partition coefficient (Wildman–Crippen LogP) is 10.4. The summed E-state index contributed by atoms with van der Waals surface area (Å²) >= 11 is 1.60. The summed E-state index contributed by atoms with van der Waals surface area (Å²) in [5.41, 5.74) is 6.16. The smallest absolute Gasteiger partial charge is 0.124 e. The molecule has 0 N–H and O–H groups in total. The SMILES string of the molecule is CC(C)c1ccnc(-c2[c-]ccc3c2sc2cc(F)ccc23)c1.[2H]C(C)(C)c1cc(-c2[c-]cccc2)ncc1[Si](C)(C)C.[Ir]. The average molecular weight is 782 g/mol. The van der Waals surface area contributed by atoms with Gasteiger partial charge in [-0.05, 0) is 56.7 Å². The number of hydrogen-bond donors (Lipinski definition) is 0. The molecule has 3 aromatic heterocycles. The molecule has 0 aliphatic rings. The number of benzene rings is 3. The van der Waals surface area contributed by atoms with Crippen molar-refractivity contribution < 1.29 is 25.9 Å². The van der Waals surface area contributed by atoms with Crippen LogP contribution in [0.4, 0.5) is 4.39 Å². The van der Waals surface area contributed by atoms with Crippen molar-refractivity contribution in [1.82, 2.24) is 9.97 Å². The van der Waals surface area contributed by atoms with Crippen LogP contribution in [0, 0.1) is 17.9 Å². The van der Waals surface area contributed by atoms with Gasteiger partial charge in [0.2, 0.25) is 0 Å². The summed E-state index contributed by atoms with van der Waals surface area (Å²) in [5, 5.41) is 3.49. The molecule has 43 heavy (non-hydrogen) atoms. The van der Waals surface area contributed by atoms with Crippen molar-refractivity contribution in [2.45, 2.75) is 59.1 Å². The van der Waals surface area contributed by atoms with Gasteiger partial charge >= 0.3 is 0 Å². The zero-order chi connectivity index (χ0) is 30.9. The normalized spacial score (nSPS) is 12.1. The van der Waals surface area contributed by atoms with Gasteiger partial charge in [0.05, 0.1) is 8.07 Å². The fourth-order valence-corrected chi connectivity index (χ4v) is 7.83. The van der Waals surface area contributed by atoms with Gasteiger partial charge in [0, 0.05) is 38.6 Å². The molecule has 223 valence electrons. The molecule has 0 amide bonds. The number of pyridine rings is 2. The van der Waals surface area contributed by atoms with Gasteiger partial charge < -0.3 is 9.97 Å². The zero-order valence-electron chi connectivity index (χ0n) is 26.7. The maximum atomic E-state index is 13.5. The van der Waals surface area contributed by atoms with Gasteiger partial charge in [-0.3, -0.25) is 0 Å². The molecule has 6 rings (SSSR count). The molecule has 0 spiro atoms. The van der Waals surface area contributed by atoms with Crippen molar-refractivity contribution in [2.24, 2.45) is 0 Å². The van der Waals surface area contributed by atoms with Gasteiger partial charge in [0.25, 0.3) is 0 Å². The van der Waals surface area contributed by atoms with E-state index < -0.39 is 14.0 Å². The minimum Gasteiger partial charge on any atom is -0.305 e. The Labute approximate surface area is 275 Å². The monoisotopic (exact) mass is 782 g/mol. The molecule has 0 aliphatic carbocycles. The Bertz CT molecular complexity index is 1890. The fraction of sp³-hybridized carbons (Fsp3) is 0.243. The van der Waals surface area contributed by atoms with E-state index in [-0.39, 0.29) is 25.9 Å². The first-order valence-electron chi connectivity index (χ1n) is 14.8.